The summed E-state index contributed by atoms with van der Waals surface area (Å²) in [5.41, 5.74) is 7.07. The largest absolute Gasteiger partial charge is 0.497 e. The minimum atomic E-state index is -0.479. The molecule has 0 amide bonds. The molecule has 160 valence electrons. The molecule has 0 N–H and O–H groups in total. The predicted octanol–water partition coefficient (Wildman–Crippen LogP) is 6.37. The summed E-state index contributed by atoms with van der Waals surface area (Å²) in [6, 6.07) is 18.1. The van der Waals surface area contributed by atoms with Crippen LogP contribution in [0.4, 0.5) is 0 Å². The Morgan fingerprint density at radius 2 is 1.90 bits per heavy atom. The number of nitrogens with zero attached hydrogens (tertiary/aromatic N) is 1. The monoisotopic (exact) mass is 431 g/mol. The lowest BCUT2D eigenvalue weighted by molar-refractivity contribution is 0.0406. The van der Waals surface area contributed by atoms with E-state index in [-0.39, 0.29) is 11.5 Å². The summed E-state index contributed by atoms with van der Waals surface area (Å²) in [6.07, 6.45) is 4.91. The molecule has 0 radical (unpaired) electrons. The normalized spacial score (nSPS) is 31.5. The molecule has 0 aliphatic heterocycles. The first-order valence-corrected chi connectivity index (χ1v) is 11.7. The topological polar surface area (TPSA) is 42.2 Å². The van der Waals surface area contributed by atoms with Crippen LogP contribution in [0.25, 0.3) is 11.1 Å². The summed E-state index contributed by atoms with van der Waals surface area (Å²) in [6.45, 7) is 4.48. The fourth-order valence-corrected chi connectivity index (χ4v) is 7.20. The van der Waals surface area contributed by atoms with E-state index in [9.17, 15) is 5.26 Å². The Hall–Kier alpha value is -2.14. The van der Waals surface area contributed by atoms with Gasteiger partial charge in [0.2, 0.25) is 0 Å². The van der Waals surface area contributed by atoms with Gasteiger partial charge >= 0.3 is 0 Å². The fourth-order valence-electron chi connectivity index (χ4n) is 6.76. The molecule has 0 aromatic heterocycles. The van der Waals surface area contributed by atoms with Crippen molar-refractivity contribution < 1.29 is 9.26 Å². The highest BCUT2D eigenvalue weighted by Crippen LogP contribution is 2.68. The zero-order valence-corrected chi connectivity index (χ0v) is 19.7. The van der Waals surface area contributed by atoms with Crippen LogP contribution in [0.2, 0.25) is 0 Å². The lowest BCUT2D eigenvalue weighted by atomic mass is 9.49. The summed E-state index contributed by atoms with van der Waals surface area (Å²) < 4.78 is 11.4. The van der Waals surface area contributed by atoms with E-state index in [1.54, 1.807) is 7.11 Å². The number of allylic oxidation sites excluding steroid dienone is 2. The van der Waals surface area contributed by atoms with Crippen LogP contribution in [0.1, 0.15) is 54.9 Å². The molecule has 1 fully saturated rings. The van der Waals surface area contributed by atoms with E-state index in [1.165, 1.54) is 33.4 Å². The van der Waals surface area contributed by atoms with E-state index in [0.717, 1.165) is 37.9 Å². The third-order valence-corrected chi connectivity index (χ3v) is 8.61. The number of fused-ring (bicyclic) bond motifs is 5. The van der Waals surface area contributed by atoms with Crippen molar-refractivity contribution in [2.24, 2.45) is 16.7 Å². The fraction of sp³-hybridized carbons (Fsp3) is 0.444. The zero-order chi connectivity index (χ0) is 21.8. The molecule has 3 aliphatic carbocycles. The standard InChI is InChI=1S/C27H30NO2P/c1-17-4-6-18(7-5-17)22-15-26(2)23(10-11-24(26)30-31)27(16-28)13-12-19-14-20(29-3)8-9-21(19)25(22)27/h4-9,14,23-24H,10-13,15,31H2,1-3H3/t23-,24+,26+,27-/m1/s1. The van der Waals surface area contributed by atoms with E-state index in [4.69, 9.17) is 9.26 Å². The third-order valence-electron chi connectivity index (χ3n) is 8.28. The number of aryl methyl sites for hydroxylation is 2. The quantitative estimate of drug-likeness (QED) is 0.531. The van der Waals surface area contributed by atoms with Crippen LogP contribution < -0.4 is 4.74 Å². The first-order valence-electron chi connectivity index (χ1n) is 11.2. The molecule has 5 rings (SSSR count). The van der Waals surface area contributed by atoms with Crippen molar-refractivity contribution in [3.63, 3.8) is 0 Å². The molecule has 0 bridgehead atoms. The number of ether oxygens (including phenoxy) is 1. The van der Waals surface area contributed by atoms with Gasteiger partial charge in [-0.2, -0.15) is 5.26 Å². The second-order valence-corrected chi connectivity index (χ2v) is 10.0. The second-order valence-electron chi connectivity index (χ2n) is 9.76. The van der Waals surface area contributed by atoms with Crippen molar-refractivity contribution in [2.45, 2.75) is 52.1 Å². The molecule has 1 unspecified atom stereocenters. The van der Waals surface area contributed by atoms with Crippen molar-refractivity contribution in [3.05, 3.63) is 64.7 Å². The van der Waals surface area contributed by atoms with Crippen LogP contribution in [0.15, 0.2) is 42.5 Å². The van der Waals surface area contributed by atoms with Gasteiger partial charge in [-0.1, -0.05) is 42.8 Å². The van der Waals surface area contributed by atoms with Crippen molar-refractivity contribution >= 4 is 20.6 Å². The summed E-state index contributed by atoms with van der Waals surface area (Å²) in [5.74, 6) is 1.19. The molecule has 0 saturated heterocycles. The van der Waals surface area contributed by atoms with E-state index < -0.39 is 5.41 Å². The Labute approximate surface area is 187 Å². The number of methoxy groups -OCH3 is 1. The Morgan fingerprint density at radius 1 is 1.13 bits per heavy atom. The van der Waals surface area contributed by atoms with Gasteiger partial charge in [0.15, 0.2) is 0 Å². The predicted molar refractivity (Wildman–Crippen MR) is 127 cm³/mol. The lowest BCUT2D eigenvalue weighted by Crippen LogP contribution is -2.47. The summed E-state index contributed by atoms with van der Waals surface area (Å²) in [7, 11) is 4.21. The Kier molecular flexibility index (Phi) is 5.00. The highest BCUT2D eigenvalue weighted by atomic mass is 31.0. The Bertz CT molecular complexity index is 1100. The molecule has 4 heteroatoms. The van der Waals surface area contributed by atoms with Gasteiger partial charge in [0.1, 0.15) is 5.75 Å². The maximum atomic E-state index is 10.8. The molecule has 2 aromatic carbocycles. The average molecular weight is 432 g/mol. The van der Waals surface area contributed by atoms with Crippen molar-refractivity contribution in [2.75, 3.05) is 7.11 Å². The minimum absolute atomic E-state index is 0.0504. The molecule has 2 aromatic rings. The molecule has 0 heterocycles. The van der Waals surface area contributed by atoms with Gasteiger partial charge in [-0.05, 0) is 84.9 Å². The first-order chi connectivity index (χ1) is 15.0. The average Bonchev–Trinajstić information content (AvgIpc) is 3.14. The zero-order valence-electron chi connectivity index (χ0n) is 18.6. The smallest absolute Gasteiger partial charge is 0.119 e. The molecular weight excluding hydrogens is 401 g/mol. The van der Waals surface area contributed by atoms with Gasteiger partial charge < -0.3 is 9.26 Å². The highest BCUT2D eigenvalue weighted by molar-refractivity contribution is 7.09. The molecule has 3 nitrogen and oxygen atoms in total. The molecule has 5 atom stereocenters. The van der Waals surface area contributed by atoms with Crippen LogP contribution in [0.3, 0.4) is 0 Å². The maximum Gasteiger partial charge on any atom is 0.119 e. The van der Waals surface area contributed by atoms with Crippen molar-refractivity contribution in [3.8, 4) is 11.8 Å². The van der Waals surface area contributed by atoms with Crippen LogP contribution in [0, 0.1) is 35.0 Å². The second kappa shape index (κ2) is 7.47. The maximum absolute atomic E-state index is 10.8. The lowest BCUT2D eigenvalue weighted by Gasteiger charge is -2.52. The summed E-state index contributed by atoms with van der Waals surface area (Å²) in [4.78, 5) is 0. The number of rotatable bonds is 3. The van der Waals surface area contributed by atoms with Gasteiger partial charge in [0.25, 0.3) is 0 Å². The molecule has 0 spiro atoms. The highest BCUT2D eigenvalue weighted by Gasteiger charge is 2.62. The first kappa shape index (κ1) is 20.7. The summed E-state index contributed by atoms with van der Waals surface area (Å²) >= 11 is 0. The van der Waals surface area contributed by atoms with E-state index in [0.29, 0.717) is 5.92 Å². The SMILES string of the molecule is COc1ccc2c(c1)CC[C@]1(C#N)C2=C(c2ccc(C)cc2)C[C@]2(C)[C@@H](OP)CC[C@H]21. The molecule has 31 heavy (non-hydrogen) atoms. The van der Waals surface area contributed by atoms with Crippen LogP contribution in [0.5, 0.6) is 5.75 Å². The van der Waals surface area contributed by atoms with Gasteiger partial charge in [0, 0.05) is 14.9 Å². The number of hydrogen-bond donors (Lipinski definition) is 0. The summed E-state index contributed by atoms with van der Waals surface area (Å²) in [5, 5.41) is 10.8. The Balaban J connectivity index is 1.81. The minimum Gasteiger partial charge on any atom is -0.497 e. The Morgan fingerprint density at radius 3 is 2.58 bits per heavy atom. The number of nitriles is 1. The van der Waals surface area contributed by atoms with Gasteiger partial charge in [0.05, 0.1) is 24.7 Å². The van der Waals surface area contributed by atoms with E-state index in [2.05, 4.69) is 65.8 Å². The van der Waals surface area contributed by atoms with Crippen LogP contribution in [-0.2, 0) is 10.9 Å². The van der Waals surface area contributed by atoms with Crippen LogP contribution >= 0.6 is 9.47 Å². The van der Waals surface area contributed by atoms with Crippen LogP contribution in [-0.4, -0.2) is 13.2 Å². The van der Waals surface area contributed by atoms with Gasteiger partial charge in [-0.15, -0.1) is 0 Å². The molecule has 1 saturated carbocycles. The van der Waals surface area contributed by atoms with E-state index >= 15 is 0 Å². The van der Waals surface area contributed by atoms with Gasteiger partial charge in [-0.3, -0.25) is 0 Å². The van der Waals surface area contributed by atoms with Crippen molar-refractivity contribution in [1.82, 2.24) is 0 Å². The number of benzene rings is 2. The van der Waals surface area contributed by atoms with E-state index in [1.807, 2.05) is 6.07 Å². The third kappa shape index (κ3) is 2.92. The molecule has 3 aliphatic rings. The van der Waals surface area contributed by atoms with Gasteiger partial charge in [-0.25, -0.2) is 0 Å². The van der Waals surface area contributed by atoms with Crippen molar-refractivity contribution in [1.29, 1.82) is 5.26 Å². The molecular formula is C27H30NO2P. The number of hydrogen-bond acceptors (Lipinski definition) is 3.